The number of carbonyl (C=O) groups excluding carboxylic acids is 2. The lowest BCUT2D eigenvalue weighted by atomic mass is 10.0. The van der Waals surface area contributed by atoms with Gasteiger partial charge < -0.3 is 14.8 Å². The molecule has 0 aliphatic rings. The van der Waals surface area contributed by atoms with Crippen LogP contribution in [0.1, 0.15) is 22.7 Å². The molecule has 0 aliphatic heterocycles. The van der Waals surface area contributed by atoms with Gasteiger partial charge >= 0.3 is 0 Å². The molecule has 1 N–H and O–H groups in total. The molecule has 0 fully saturated rings. The highest BCUT2D eigenvalue weighted by atomic mass is 16.5. The number of nitrogens with zero attached hydrogens (tertiary/aromatic N) is 4. The van der Waals surface area contributed by atoms with E-state index in [9.17, 15) is 9.59 Å². The second-order valence-corrected chi connectivity index (χ2v) is 9.55. The largest absolute Gasteiger partial charge is 0.497 e. The van der Waals surface area contributed by atoms with Crippen LogP contribution in [-0.2, 0) is 22.7 Å². The molecule has 9 nitrogen and oxygen atoms in total. The van der Waals surface area contributed by atoms with Crippen LogP contribution in [0.4, 0.5) is 5.69 Å². The van der Waals surface area contributed by atoms with Crippen molar-refractivity contribution in [2.45, 2.75) is 26.1 Å². The topological polar surface area (TPSA) is 98.6 Å². The molecule has 5 rings (SSSR count). The van der Waals surface area contributed by atoms with Crippen LogP contribution in [0.3, 0.4) is 0 Å². The van der Waals surface area contributed by atoms with E-state index in [4.69, 9.17) is 9.47 Å². The van der Waals surface area contributed by atoms with Crippen molar-refractivity contribution in [1.82, 2.24) is 20.3 Å². The summed E-state index contributed by atoms with van der Waals surface area (Å²) in [7, 11) is 3.08. The van der Waals surface area contributed by atoms with Crippen molar-refractivity contribution < 1.29 is 19.1 Å². The average Bonchev–Trinajstić information content (AvgIpc) is 3.41. The molecule has 2 amide bonds. The van der Waals surface area contributed by atoms with Crippen LogP contribution in [0.25, 0.3) is 11.0 Å². The summed E-state index contributed by atoms with van der Waals surface area (Å²) in [5.74, 6) is 0.248. The van der Waals surface area contributed by atoms with Crippen LogP contribution >= 0.6 is 0 Å². The summed E-state index contributed by atoms with van der Waals surface area (Å²) in [6, 6.07) is 28.6. The number of hydrogen-bond donors (Lipinski definition) is 1. The van der Waals surface area contributed by atoms with Gasteiger partial charge in [0, 0.05) is 17.8 Å². The molecule has 9 heteroatoms. The Morgan fingerprint density at radius 2 is 1.68 bits per heavy atom. The Morgan fingerprint density at radius 1 is 0.902 bits per heavy atom. The van der Waals surface area contributed by atoms with E-state index in [1.54, 1.807) is 30.0 Å². The van der Waals surface area contributed by atoms with E-state index in [0.29, 0.717) is 33.8 Å². The molecule has 5 aromatic rings. The maximum absolute atomic E-state index is 14.3. The Hall–Kier alpha value is -5.18. The molecule has 0 radical (unpaired) electrons. The number of carbonyl (C=O) groups is 2. The number of anilines is 1. The number of ether oxygens (including phenoxy) is 2. The number of rotatable bonds is 10. The lowest BCUT2D eigenvalue weighted by Gasteiger charge is -2.32. The maximum atomic E-state index is 14.3. The van der Waals surface area contributed by atoms with Crippen molar-refractivity contribution in [3.8, 4) is 11.5 Å². The van der Waals surface area contributed by atoms with Crippen LogP contribution in [0.2, 0.25) is 0 Å². The first-order valence-electron chi connectivity index (χ1n) is 13.2. The van der Waals surface area contributed by atoms with Crippen molar-refractivity contribution in [1.29, 1.82) is 0 Å². The number of methoxy groups -OCH3 is 2. The molecule has 0 spiro atoms. The van der Waals surface area contributed by atoms with Gasteiger partial charge in [-0.3, -0.25) is 14.5 Å². The zero-order chi connectivity index (χ0) is 28.8. The average molecular weight is 550 g/mol. The number of fused-ring (bicyclic) bond motifs is 1. The third-order valence-corrected chi connectivity index (χ3v) is 6.80. The number of aryl methyl sites for hydroxylation is 1. The Labute approximate surface area is 238 Å². The van der Waals surface area contributed by atoms with Crippen molar-refractivity contribution in [3.63, 3.8) is 0 Å². The maximum Gasteiger partial charge on any atom is 0.249 e. The molecule has 0 aliphatic carbocycles. The highest BCUT2D eigenvalue weighted by Crippen LogP contribution is 2.36. The summed E-state index contributed by atoms with van der Waals surface area (Å²) < 4.78 is 12.7. The first-order valence-corrected chi connectivity index (χ1v) is 13.2. The zero-order valence-corrected chi connectivity index (χ0v) is 23.2. The molecule has 41 heavy (non-hydrogen) atoms. The molecular weight excluding hydrogens is 518 g/mol. The van der Waals surface area contributed by atoms with E-state index in [1.165, 1.54) is 12.0 Å². The fourth-order valence-electron chi connectivity index (χ4n) is 4.79. The lowest BCUT2D eigenvalue weighted by Crippen LogP contribution is -2.45. The number of hydrogen-bond acceptors (Lipinski definition) is 6. The molecule has 1 unspecified atom stereocenters. The van der Waals surface area contributed by atoms with Gasteiger partial charge in [-0.2, -0.15) is 0 Å². The molecule has 208 valence electrons. The second-order valence-electron chi connectivity index (χ2n) is 9.55. The van der Waals surface area contributed by atoms with Gasteiger partial charge in [0.25, 0.3) is 0 Å². The van der Waals surface area contributed by atoms with Crippen LogP contribution in [0.5, 0.6) is 11.5 Å². The summed E-state index contributed by atoms with van der Waals surface area (Å²) in [6.07, 6.45) is 0. The van der Waals surface area contributed by atoms with Gasteiger partial charge in [0.15, 0.2) is 0 Å². The van der Waals surface area contributed by atoms with E-state index in [-0.39, 0.29) is 24.9 Å². The first-order chi connectivity index (χ1) is 20.0. The summed E-state index contributed by atoms with van der Waals surface area (Å²) in [6.45, 7) is 2.09. The second kappa shape index (κ2) is 12.3. The first kappa shape index (κ1) is 27.4. The van der Waals surface area contributed by atoms with E-state index in [1.807, 2.05) is 85.8 Å². The van der Waals surface area contributed by atoms with Gasteiger partial charge in [0.2, 0.25) is 11.8 Å². The van der Waals surface area contributed by atoms with Crippen molar-refractivity contribution >= 4 is 28.5 Å². The quantitative estimate of drug-likeness (QED) is 0.268. The summed E-state index contributed by atoms with van der Waals surface area (Å²) in [4.78, 5) is 30.0. The van der Waals surface area contributed by atoms with E-state index in [0.717, 1.165) is 11.1 Å². The minimum Gasteiger partial charge on any atom is -0.497 e. The third-order valence-electron chi connectivity index (χ3n) is 6.80. The Balaban J connectivity index is 1.62. The SMILES string of the molecule is COc1ccc(OC)c(C(C(=O)NCc2ccccc2)N(C(=O)Cn2nnc3ccccc32)c2cccc(C)c2)c1. The number of aromatic nitrogens is 3. The van der Waals surface area contributed by atoms with Crippen molar-refractivity contribution in [2.75, 3.05) is 19.1 Å². The standard InChI is InChI=1S/C32H31N5O4/c1-22-10-9-13-24(18-22)37(30(38)21-36-28-15-8-7-14-27(28)34-35-36)31(26-19-25(40-2)16-17-29(26)41-3)32(39)33-20-23-11-5-4-6-12-23/h4-19,31H,20-21H2,1-3H3,(H,33,39). The fraction of sp³-hybridized carbons (Fsp3) is 0.188. The molecule has 4 aromatic carbocycles. The smallest absolute Gasteiger partial charge is 0.249 e. The van der Waals surface area contributed by atoms with Crippen LogP contribution in [0.15, 0.2) is 97.1 Å². The van der Waals surface area contributed by atoms with Crippen LogP contribution in [0, 0.1) is 6.92 Å². The van der Waals surface area contributed by atoms with Gasteiger partial charge in [-0.1, -0.05) is 59.8 Å². The van der Waals surface area contributed by atoms with E-state index >= 15 is 0 Å². The predicted octanol–water partition coefficient (Wildman–Crippen LogP) is 4.85. The third kappa shape index (κ3) is 6.04. The van der Waals surface area contributed by atoms with Crippen LogP contribution in [-0.4, -0.2) is 41.0 Å². The Kier molecular flexibility index (Phi) is 8.24. The molecular formula is C32H31N5O4. The van der Waals surface area contributed by atoms with E-state index in [2.05, 4.69) is 15.6 Å². The normalized spacial score (nSPS) is 11.6. The fourth-order valence-corrected chi connectivity index (χ4v) is 4.79. The molecule has 1 aromatic heterocycles. The molecule has 0 saturated carbocycles. The minimum absolute atomic E-state index is 0.136. The minimum atomic E-state index is -1.09. The predicted molar refractivity (Wildman–Crippen MR) is 157 cm³/mol. The molecule has 1 heterocycles. The number of nitrogens with one attached hydrogen (secondary N) is 1. The van der Waals surface area contributed by atoms with Crippen LogP contribution < -0.4 is 19.7 Å². The zero-order valence-electron chi connectivity index (χ0n) is 23.2. The van der Waals surface area contributed by atoms with Gasteiger partial charge in [-0.05, 0) is 60.5 Å². The molecule has 0 bridgehead atoms. The number of benzene rings is 4. The summed E-state index contributed by atoms with van der Waals surface area (Å²) in [5, 5.41) is 11.4. The summed E-state index contributed by atoms with van der Waals surface area (Å²) >= 11 is 0. The van der Waals surface area contributed by atoms with Gasteiger partial charge in [0.05, 0.1) is 19.7 Å². The van der Waals surface area contributed by atoms with Crippen molar-refractivity contribution in [3.05, 3.63) is 114 Å². The van der Waals surface area contributed by atoms with Gasteiger partial charge in [-0.25, -0.2) is 4.68 Å². The molecule has 1 atom stereocenters. The molecule has 0 saturated heterocycles. The highest BCUT2D eigenvalue weighted by molar-refractivity contribution is 6.02. The monoisotopic (exact) mass is 549 g/mol. The lowest BCUT2D eigenvalue weighted by molar-refractivity contribution is -0.127. The Bertz CT molecular complexity index is 1670. The van der Waals surface area contributed by atoms with Gasteiger partial charge in [-0.15, -0.1) is 5.10 Å². The summed E-state index contributed by atoms with van der Waals surface area (Å²) in [5.41, 5.74) is 4.30. The number of amides is 2. The van der Waals surface area contributed by atoms with Gasteiger partial charge in [0.1, 0.15) is 29.6 Å². The van der Waals surface area contributed by atoms with E-state index < -0.39 is 6.04 Å². The Morgan fingerprint density at radius 3 is 2.44 bits per heavy atom. The van der Waals surface area contributed by atoms with Crippen molar-refractivity contribution in [2.24, 2.45) is 0 Å². The number of para-hydroxylation sites is 1. The highest BCUT2D eigenvalue weighted by Gasteiger charge is 2.35.